The minimum Gasteiger partial charge on any atom is -0.332 e. The van der Waals surface area contributed by atoms with E-state index >= 15 is 0 Å². The molecule has 0 bridgehead atoms. The Bertz CT molecular complexity index is 961. The predicted molar refractivity (Wildman–Crippen MR) is 106 cm³/mol. The van der Waals surface area contributed by atoms with Crippen molar-refractivity contribution in [1.82, 2.24) is 14.7 Å². The van der Waals surface area contributed by atoms with Gasteiger partial charge in [-0.2, -0.15) is 5.10 Å². The van der Waals surface area contributed by atoms with Crippen LogP contribution < -0.4 is 5.56 Å². The number of carbonyl (C=O) groups is 1. The summed E-state index contributed by atoms with van der Waals surface area (Å²) in [5.74, 6) is 0.118. The Balaban J connectivity index is 2.08. The summed E-state index contributed by atoms with van der Waals surface area (Å²) in [4.78, 5) is 28.8. The highest BCUT2D eigenvalue weighted by Crippen LogP contribution is 2.18. The number of amides is 1. The summed E-state index contributed by atoms with van der Waals surface area (Å²) < 4.78 is 1.43. The number of aromatic nitrogens is 2. The summed E-state index contributed by atoms with van der Waals surface area (Å²) in [5, 5.41) is 7.62. The highest BCUT2D eigenvalue weighted by Gasteiger charge is 2.22. The highest BCUT2D eigenvalue weighted by molar-refractivity contribution is 7.09. The molecule has 2 aromatic heterocycles. The Labute approximate surface area is 156 Å². The van der Waals surface area contributed by atoms with Crippen molar-refractivity contribution in [2.24, 2.45) is 5.92 Å². The van der Waals surface area contributed by atoms with E-state index in [-0.39, 0.29) is 17.4 Å². The maximum absolute atomic E-state index is 13.2. The Kier molecular flexibility index (Phi) is 5.52. The van der Waals surface area contributed by atoms with E-state index in [4.69, 9.17) is 0 Å². The number of carbonyl (C=O) groups excluding carboxylic acids is 1. The SMILES string of the molecule is CCN(Cc1cccs1)C(=O)c1nn(CC(C)C)c(=O)c2ccccc12. The molecule has 136 valence electrons. The maximum atomic E-state index is 13.2. The van der Waals surface area contributed by atoms with Crippen molar-refractivity contribution in [3.05, 3.63) is 62.7 Å². The van der Waals surface area contributed by atoms with E-state index < -0.39 is 0 Å². The molecule has 0 aliphatic carbocycles. The lowest BCUT2D eigenvalue weighted by atomic mass is 10.1. The molecule has 0 aliphatic heterocycles. The number of benzene rings is 1. The number of thiophene rings is 1. The van der Waals surface area contributed by atoms with Crippen LogP contribution in [-0.2, 0) is 13.1 Å². The summed E-state index contributed by atoms with van der Waals surface area (Å²) in [7, 11) is 0. The van der Waals surface area contributed by atoms with Gasteiger partial charge in [0.15, 0.2) is 5.69 Å². The van der Waals surface area contributed by atoms with E-state index in [1.165, 1.54) is 4.68 Å². The molecule has 0 unspecified atom stereocenters. The molecule has 0 atom stereocenters. The molecule has 26 heavy (non-hydrogen) atoms. The Morgan fingerprint density at radius 1 is 1.19 bits per heavy atom. The molecule has 5 nitrogen and oxygen atoms in total. The summed E-state index contributed by atoms with van der Waals surface area (Å²) >= 11 is 1.63. The Morgan fingerprint density at radius 2 is 1.92 bits per heavy atom. The van der Waals surface area contributed by atoms with Crippen molar-refractivity contribution in [2.75, 3.05) is 6.54 Å². The molecule has 6 heteroatoms. The quantitative estimate of drug-likeness (QED) is 0.664. The number of hydrogen-bond acceptors (Lipinski definition) is 4. The lowest BCUT2D eigenvalue weighted by Crippen LogP contribution is -2.34. The van der Waals surface area contributed by atoms with E-state index in [2.05, 4.69) is 5.10 Å². The first-order valence-electron chi connectivity index (χ1n) is 8.82. The molecule has 0 saturated heterocycles. The standard InChI is InChI=1S/C20H23N3O2S/c1-4-22(13-15-8-7-11-26-15)20(25)18-16-9-5-6-10-17(16)19(24)23(21-18)12-14(2)3/h5-11,14H,4,12-13H2,1-3H3. The minimum absolute atomic E-state index is 0.144. The van der Waals surface area contributed by atoms with Gasteiger partial charge in [-0.1, -0.05) is 38.1 Å². The van der Waals surface area contributed by atoms with Gasteiger partial charge in [0, 0.05) is 23.4 Å². The smallest absolute Gasteiger partial charge is 0.275 e. The van der Waals surface area contributed by atoms with Gasteiger partial charge in [0.1, 0.15) is 0 Å². The number of hydrogen-bond donors (Lipinski definition) is 0. The van der Waals surface area contributed by atoms with Crippen molar-refractivity contribution < 1.29 is 4.79 Å². The van der Waals surface area contributed by atoms with Gasteiger partial charge in [-0.15, -0.1) is 11.3 Å². The van der Waals surface area contributed by atoms with Crippen LogP contribution in [0.1, 0.15) is 36.1 Å². The molecule has 3 rings (SSSR count). The lowest BCUT2D eigenvalue weighted by molar-refractivity contribution is 0.0747. The van der Waals surface area contributed by atoms with Crippen LogP contribution in [0.3, 0.4) is 0 Å². The van der Waals surface area contributed by atoms with Crippen LogP contribution in [-0.4, -0.2) is 27.1 Å². The van der Waals surface area contributed by atoms with Gasteiger partial charge in [0.05, 0.1) is 11.9 Å². The van der Waals surface area contributed by atoms with Crippen LogP contribution in [0.4, 0.5) is 0 Å². The first-order chi connectivity index (χ1) is 12.5. The second-order valence-electron chi connectivity index (χ2n) is 6.67. The van der Waals surface area contributed by atoms with E-state index in [1.807, 2.05) is 50.4 Å². The number of rotatable bonds is 6. The van der Waals surface area contributed by atoms with E-state index in [9.17, 15) is 9.59 Å². The van der Waals surface area contributed by atoms with Crippen molar-refractivity contribution in [2.45, 2.75) is 33.9 Å². The molecule has 3 aromatic rings. The third-order valence-corrected chi connectivity index (χ3v) is 5.07. The number of nitrogens with zero attached hydrogens (tertiary/aromatic N) is 3. The lowest BCUT2D eigenvalue weighted by Gasteiger charge is -2.21. The predicted octanol–water partition coefficient (Wildman–Crippen LogP) is 3.78. The second kappa shape index (κ2) is 7.83. The Morgan fingerprint density at radius 3 is 2.54 bits per heavy atom. The fraction of sp³-hybridized carbons (Fsp3) is 0.350. The zero-order valence-electron chi connectivity index (χ0n) is 15.3. The maximum Gasteiger partial charge on any atom is 0.275 e. The monoisotopic (exact) mass is 369 g/mol. The molecule has 0 aliphatic rings. The molecule has 1 amide bonds. The largest absolute Gasteiger partial charge is 0.332 e. The fourth-order valence-corrected chi connectivity index (χ4v) is 3.65. The van der Waals surface area contributed by atoms with Crippen molar-refractivity contribution in [1.29, 1.82) is 0 Å². The van der Waals surface area contributed by atoms with Crippen LogP contribution in [0, 0.1) is 5.92 Å². The van der Waals surface area contributed by atoms with E-state index in [0.29, 0.717) is 36.1 Å². The summed E-state index contributed by atoms with van der Waals surface area (Å²) in [5.41, 5.74) is 0.200. The van der Waals surface area contributed by atoms with Crippen molar-refractivity contribution in [3.8, 4) is 0 Å². The first kappa shape index (κ1) is 18.3. The zero-order valence-corrected chi connectivity index (χ0v) is 16.1. The minimum atomic E-state index is -0.146. The fourth-order valence-electron chi connectivity index (χ4n) is 2.93. The van der Waals surface area contributed by atoms with Crippen LogP contribution >= 0.6 is 11.3 Å². The molecule has 0 N–H and O–H groups in total. The normalized spacial score (nSPS) is 11.2. The summed E-state index contributed by atoms with van der Waals surface area (Å²) in [6.45, 7) is 7.63. The van der Waals surface area contributed by atoms with Crippen molar-refractivity contribution >= 4 is 28.0 Å². The van der Waals surface area contributed by atoms with E-state index in [0.717, 1.165) is 4.88 Å². The van der Waals surface area contributed by atoms with Gasteiger partial charge in [-0.25, -0.2) is 4.68 Å². The molecular weight excluding hydrogens is 346 g/mol. The third-order valence-electron chi connectivity index (χ3n) is 4.20. The molecule has 0 spiro atoms. The van der Waals surface area contributed by atoms with Gasteiger partial charge in [0.25, 0.3) is 11.5 Å². The van der Waals surface area contributed by atoms with Crippen molar-refractivity contribution in [3.63, 3.8) is 0 Å². The van der Waals surface area contributed by atoms with Crippen LogP contribution in [0.25, 0.3) is 10.8 Å². The van der Waals surface area contributed by atoms with Gasteiger partial charge in [0.2, 0.25) is 0 Å². The average Bonchev–Trinajstić information content (AvgIpc) is 3.14. The second-order valence-corrected chi connectivity index (χ2v) is 7.71. The van der Waals surface area contributed by atoms with E-state index in [1.54, 1.807) is 28.4 Å². The third kappa shape index (κ3) is 3.70. The topological polar surface area (TPSA) is 55.2 Å². The average molecular weight is 369 g/mol. The first-order valence-corrected chi connectivity index (χ1v) is 9.70. The number of fused-ring (bicyclic) bond motifs is 1. The Hall–Kier alpha value is -2.47. The van der Waals surface area contributed by atoms with Gasteiger partial charge in [-0.3, -0.25) is 9.59 Å². The van der Waals surface area contributed by atoms with Crippen LogP contribution in [0.2, 0.25) is 0 Å². The molecule has 2 heterocycles. The van der Waals surface area contributed by atoms with Gasteiger partial charge >= 0.3 is 0 Å². The molecule has 0 fully saturated rings. The van der Waals surface area contributed by atoms with Crippen LogP contribution in [0.5, 0.6) is 0 Å². The van der Waals surface area contributed by atoms with Gasteiger partial charge in [-0.05, 0) is 30.4 Å². The summed E-state index contributed by atoms with van der Waals surface area (Å²) in [6, 6.07) is 11.2. The molecule has 1 aromatic carbocycles. The van der Waals surface area contributed by atoms with Crippen LogP contribution in [0.15, 0.2) is 46.6 Å². The highest BCUT2D eigenvalue weighted by atomic mass is 32.1. The zero-order chi connectivity index (χ0) is 18.7. The molecule has 0 saturated carbocycles. The summed E-state index contributed by atoms with van der Waals surface area (Å²) in [6.07, 6.45) is 0. The van der Waals surface area contributed by atoms with Gasteiger partial charge < -0.3 is 4.90 Å². The molecule has 0 radical (unpaired) electrons. The molecular formula is C20H23N3O2S.